The average Bonchev–Trinajstić information content (AvgIpc) is 2.76. The number of anilines is 1. The van der Waals surface area contributed by atoms with Crippen LogP contribution < -0.4 is 10.6 Å². The minimum atomic E-state index is -0.446. The van der Waals surface area contributed by atoms with E-state index in [9.17, 15) is 4.39 Å². The van der Waals surface area contributed by atoms with Crippen molar-refractivity contribution < 1.29 is 4.39 Å². The number of benzene rings is 2. The Balaban J connectivity index is 2.11. The van der Waals surface area contributed by atoms with Crippen LogP contribution in [0.2, 0.25) is 0 Å². The Morgan fingerprint density at radius 3 is 2.62 bits per heavy atom. The molecule has 0 aromatic heterocycles. The van der Waals surface area contributed by atoms with E-state index in [-0.39, 0.29) is 5.82 Å². The molecular weight excluding hydrogens is 333 g/mol. The van der Waals surface area contributed by atoms with E-state index in [1.807, 2.05) is 35.2 Å². The van der Waals surface area contributed by atoms with Crippen molar-refractivity contribution in [3.8, 4) is 0 Å². The smallest absolute Gasteiger partial charge is 0.196 e. The van der Waals surface area contributed by atoms with Gasteiger partial charge in [0.25, 0.3) is 0 Å². The normalized spacial score (nSPS) is 21.5. The second-order valence-electron chi connectivity index (χ2n) is 5.24. The monoisotopic (exact) mass is 347 g/mol. The summed E-state index contributed by atoms with van der Waals surface area (Å²) in [5.41, 5.74) is 7.57. The van der Waals surface area contributed by atoms with Gasteiger partial charge in [-0.3, -0.25) is 4.99 Å². The highest BCUT2D eigenvalue weighted by atomic mass is 79.9. The molecule has 1 aliphatic heterocycles. The molecule has 0 amide bonds. The van der Waals surface area contributed by atoms with Crippen LogP contribution in [0.4, 0.5) is 10.1 Å². The van der Waals surface area contributed by atoms with Gasteiger partial charge in [0.05, 0.1) is 12.1 Å². The van der Waals surface area contributed by atoms with Crippen molar-refractivity contribution in [2.45, 2.75) is 12.5 Å². The van der Waals surface area contributed by atoms with E-state index >= 15 is 0 Å². The Labute approximate surface area is 131 Å². The van der Waals surface area contributed by atoms with Gasteiger partial charge in [0.1, 0.15) is 5.82 Å². The van der Waals surface area contributed by atoms with Crippen LogP contribution in [0.25, 0.3) is 0 Å². The molecule has 0 saturated carbocycles. The first-order chi connectivity index (χ1) is 10.0. The number of rotatable bonds is 2. The predicted molar refractivity (Wildman–Crippen MR) is 86.9 cm³/mol. The first kappa shape index (κ1) is 14.1. The highest BCUT2D eigenvalue weighted by molar-refractivity contribution is 9.10. The third-order valence-electron chi connectivity index (χ3n) is 3.80. The van der Waals surface area contributed by atoms with Crippen LogP contribution in [0.1, 0.15) is 12.5 Å². The summed E-state index contributed by atoms with van der Waals surface area (Å²) < 4.78 is 14.1. The number of para-hydroxylation sites is 1. The molecule has 21 heavy (non-hydrogen) atoms. The fourth-order valence-electron chi connectivity index (χ4n) is 2.76. The molecule has 1 unspecified atom stereocenters. The first-order valence-corrected chi connectivity index (χ1v) is 7.42. The number of nitrogens with zero attached hydrogens (tertiary/aromatic N) is 2. The summed E-state index contributed by atoms with van der Waals surface area (Å²) in [7, 11) is 0. The number of nitrogens with two attached hydrogens (primary N) is 1. The highest BCUT2D eigenvalue weighted by Crippen LogP contribution is 2.39. The maximum atomic E-state index is 13.4. The Morgan fingerprint density at radius 1 is 1.24 bits per heavy atom. The van der Waals surface area contributed by atoms with Gasteiger partial charge in [-0.1, -0.05) is 40.2 Å². The second-order valence-corrected chi connectivity index (χ2v) is 6.10. The molecule has 0 fully saturated rings. The Bertz CT molecular complexity index is 702. The molecule has 0 bridgehead atoms. The van der Waals surface area contributed by atoms with E-state index in [0.29, 0.717) is 12.5 Å². The summed E-state index contributed by atoms with van der Waals surface area (Å²) in [4.78, 5) is 6.38. The predicted octanol–water partition coefficient (Wildman–Crippen LogP) is 3.64. The molecule has 5 heteroatoms. The van der Waals surface area contributed by atoms with Gasteiger partial charge in [0.15, 0.2) is 5.96 Å². The number of aliphatic imine (C=N–C) groups is 1. The van der Waals surface area contributed by atoms with E-state index in [0.717, 1.165) is 15.7 Å². The number of hydrogen-bond acceptors (Lipinski definition) is 3. The molecule has 1 atom stereocenters. The van der Waals surface area contributed by atoms with Gasteiger partial charge in [-0.15, -0.1) is 0 Å². The average molecular weight is 348 g/mol. The van der Waals surface area contributed by atoms with Crippen LogP contribution in [0.15, 0.2) is 58.0 Å². The third kappa shape index (κ3) is 2.31. The van der Waals surface area contributed by atoms with E-state index in [1.54, 1.807) is 6.07 Å². The van der Waals surface area contributed by atoms with Crippen molar-refractivity contribution in [3.63, 3.8) is 0 Å². The Kier molecular flexibility index (Phi) is 3.45. The lowest BCUT2D eigenvalue weighted by Gasteiger charge is -2.37. The quantitative estimate of drug-likeness (QED) is 0.900. The molecule has 0 radical (unpaired) electrons. The van der Waals surface area contributed by atoms with Crippen LogP contribution in [-0.4, -0.2) is 12.5 Å². The standard InChI is InChI=1S/C16H15BrFN3/c1-16(13-8-7-11(18)9-14(13)17)10-20-15(19)21(16)12-5-3-2-4-6-12/h2-9H,10H2,1H3,(H2,19,20). The molecule has 1 aliphatic rings. The largest absolute Gasteiger partial charge is 0.369 e. The van der Waals surface area contributed by atoms with Crippen LogP contribution in [0, 0.1) is 5.82 Å². The maximum absolute atomic E-state index is 13.4. The van der Waals surface area contributed by atoms with E-state index in [1.165, 1.54) is 12.1 Å². The number of guanidine groups is 1. The van der Waals surface area contributed by atoms with Crippen molar-refractivity contribution in [2.24, 2.45) is 10.7 Å². The lowest BCUT2D eigenvalue weighted by atomic mass is 9.90. The summed E-state index contributed by atoms with van der Waals surface area (Å²) in [6, 6.07) is 14.6. The highest BCUT2D eigenvalue weighted by Gasteiger charge is 2.41. The van der Waals surface area contributed by atoms with Crippen LogP contribution in [0.3, 0.4) is 0 Å². The summed E-state index contributed by atoms with van der Waals surface area (Å²) >= 11 is 3.45. The second kappa shape index (κ2) is 5.15. The summed E-state index contributed by atoms with van der Waals surface area (Å²) in [5, 5.41) is 0. The lowest BCUT2D eigenvalue weighted by molar-refractivity contribution is 0.527. The molecule has 0 spiro atoms. The molecule has 108 valence electrons. The van der Waals surface area contributed by atoms with Gasteiger partial charge < -0.3 is 10.6 Å². The van der Waals surface area contributed by atoms with Crippen LogP contribution in [-0.2, 0) is 5.54 Å². The van der Waals surface area contributed by atoms with Gasteiger partial charge in [-0.25, -0.2) is 4.39 Å². The van der Waals surface area contributed by atoms with Crippen molar-refractivity contribution in [3.05, 3.63) is 64.4 Å². The van der Waals surface area contributed by atoms with Crippen molar-refractivity contribution in [1.82, 2.24) is 0 Å². The van der Waals surface area contributed by atoms with E-state index < -0.39 is 5.54 Å². The molecule has 0 saturated heterocycles. The third-order valence-corrected chi connectivity index (χ3v) is 4.45. The molecule has 2 N–H and O–H groups in total. The van der Waals surface area contributed by atoms with Gasteiger partial charge in [0, 0.05) is 10.2 Å². The molecule has 2 aromatic rings. The fraction of sp³-hybridized carbons (Fsp3) is 0.188. The zero-order valence-corrected chi connectivity index (χ0v) is 13.1. The van der Waals surface area contributed by atoms with Crippen molar-refractivity contribution in [1.29, 1.82) is 0 Å². The minimum Gasteiger partial charge on any atom is -0.369 e. The summed E-state index contributed by atoms with van der Waals surface area (Å²) in [6.07, 6.45) is 0. The van der Waals surface area contributed by atoms with Crippen LogP contribution >= 0.6 is 15.9 Å². The Morgan fingerprint density at radius 2 is 1.95 bits per heavy atom. The Hall–Kier alpha value is -1.88. The zero-order chi connectivity index (χ0) is 15.0. The van der Waals surface area contributed by atoms with E-state index in [4.69, 9.17) is 5.73 Å². The number of hydrogen-bond donors (Lipinski definition) is 1. The van der Waals surface area contributed by atoms with Gasteiger partial charge in [-0.05, 0) is 36.8 Å². The fourth-order valence-corrected chi connectivity index (χ4v) is 3.53. The molecule has 2 aromatic carbocycles. The minimum absolute atomic E-state index is 0.271. The first-order valence-electron chi connectivity index (χ1n) is 6.63. The molecule has 3 rings (SSSR count). The van der Waals surface area contributed by atoms with Gasteiger partial charge in [-0.2, -0.15) is 0 Å². The molecule has 1 heterocycles. The summed E-state index contributed by atoms with van der Waals surface area (Å²) in [5.74, 6) is 0.201. The van der Waals surface area contributed by atoms with Crippen LogP contribution in [0.5, 0.6) is 0 Å². The topological polar surface area (TPSA) is 41.6 Å². The zero-order valence-electron chi connectivity index (χ0n) is 11.6. The van der Waals surface area contributed by atoms with Crippen molar-refractivity contribution in [2.75, 3.05) is 11.4 Å². The van der Waals surface area contributed by atoms with Gasteiger partial charge in [0.2, 0.25) is 0 Å². The molecular formula is C16H15BrFN3. The SMILES string of the molecule is CC1(c2ccc(F)cc2Br)CN=C(N)N1c1ccccc1. The van der Waals surface area contributed by atoms with E-state index in [2.05, 4.69) is 27.8 Å². The molecule has 0 aliphatic carbocycles. The maximum Gasteiger partial charge on any atom is 0.196 e. The lowest BCUT2D eigenvalue weighted by Crippen LogP contribution is -2.48. The van der Waals surface area contributed by atoms with Crippen molar-refractivity contribution >= 4 is 27.6 Å². The molecule has 3 nitrogen and oxygen atoms in total. The number of halogens is 2. The summed E-state index contributed by atoms with van der Waals surface area (Å²) in [6.45, 7) is 2.58. The van der Waals surface area contributed by atoms with Gasteiger partial charge >= 0.3 is 0 Å².